The molecule has 1 saturated heterocycles. The number of aryl methyl sites for hydroxylation is 1. The molecule has 0 spiro atoms. The molecule has 1 fully saturated rings. The van der Waals surface area contributed by atoms with Crippen molar-refractivity contribution in [2.45, 2.75) is 39.3 Å². The molecule has 0 bridgehead atoms. The van der Waals surface area contributed by atoms with Gasteiger partial charge in [0, 0.05) is 42.6 Å². The van der Waals surface area contributed by atoms with Crippen LogP contribution in [0.2, 0.25) is 0 Å². The predicted molar refractivity (Wildman–Crippen MR) is 141 cm³/mol. The summed E-state index contributed by atoms with van der Waals surface area (Å²) in [5, 5.41) is 8.28. The predicted octanol–water partition coefficient (Wildman–Crippen LogP) is 5.42. The van der Waals surface area contributed by atoms with Gasteiger partial charge in [0.05, 0.1) is 10.6 Å². The van der Waals surface area contributed by atoms with Crippen LogP contribution in [0.3, 0.4) is 0 Å². The summed E-state index contributed by atoms with van der Waals surface area (Å²) >= 11 is 1.79. The topological polar surface area (TPSA) is 53.1 Å². The van der Waals surface area contributed by atoms with Gasteiger partial charge in [-0.15, -0.1) is 48.6 Å². The minimum atomic E-state index is 0. The van der Waals surface area contributed by atoms with Gasteiger partial charge < -0.3 is 15.5 Å². The summed E-state index contributed by atoms with van der Waals surface area (Å²) in [7, 11) is 0. The molecule has 3 aromatic rings. The number of anilines is 1. The highest BCUT2D eigenvalue weighted by atomic mass is 35.5. The van der Waals surface area contributed by atoms with Gasteiger partial charge in [-0.3, -0.25) is 0 Å². The van der Waals surface area contributed by atoms with E-state index in [0.29, 0.717) is 12.1 Å². The zero-order valence-corrected chi connectivity index (χ0v) is 21.4. The molecule has 1 aliphatic rings. The molecule has 2 aromatic heterocycles. The van der Waals surface area contributed by atoms with Crippen molar-refractivity contribution in [3.8, 4) is 10.6 Å². The molecule has 4 rings (SSSR count). The highest BCUT2D eigenvalue weighted by Gasteiger charge is 2.20. The van der Waals surface area contributed by atoms with Gasteiger partial charge in [-0.25, -0.2) is 9.97 Å². The second-order valence-corrected chi connectivity index (χ2v) is 8.97. The lowest BCUT2D eigenvalue weighted by molar-refractivity contribution is 0.173. The molecule has 0 amide bonds. The van der Waals surface area contributed by atoms with Gasteiger partial charge in [0.2, 0.25) is 5.95 Å². The molecular formula is C22H32Cl3N5S. The molecule has 1 aliphatic heterocycles. The number of halogens is 3. The van der Waals surface area contributed by atoms with Gasteiger partial charge in [0.25, 0.3) is 0 Å². The first-order chi connectivity index (χ1) is 13.6. The number of aromatic nitrogens is 2. The van der Waals surface area contributed by atoms with E-state index in [1.54, 1.807) is 11.3 Å². The van der Waals surface area contributed by atoms with Gasteiger partial charge in [0.1, 0.15) is 0 Å². The number of hydrogen-bond donors (Lipinski definition) is 2. The first-order valence-electron chi connectivity index (χ1n) is 10.1. The van der Waals surface area contributed by atoms with Crippen molar-refractivity contribution in [2.75, 3.05) is 31.5 Å². The van der Waals surface area contributed by atoms with Crippen LogP contribution in [0, 0.1) is 6.92 Å². The Hall–Kier alpha value is -1.15. The number of nitrogens with one attached hydrogen (secondary N) is 2. The molecular weight excluding hydrogens is 473 g/mol. The van der Waals surface area contributed by atoms with Crippen molar-refractivity contribution in [1.82, 2.24) is 20.2 Å². The summed E-state index contributed by atoms with van der Waals surface area (Å²) in [6.07, 6.45) is 3.02. The van der Waals surface area contributed by atoms with Crippen LogP contribution in [-0.2, 0) is 0 Å². The SMILES string of the molecule is Cc1cnc(NCCCN2CC(C)NC(C)C2)nc1-c1cc2ccccc2s1.Cl.Cl.Cl. The smallest absolute Gasteiger partial charge is 0.223 e. The number of piperazine rings is 1. The molecule has 5 nitrogen and oxygen atoms in total. The fraction of sp³-hybridized carbons (Fsp3) is 0.455. The molecule has 31 heavy (non-hydrogen) atoms. The van der Waals surface area contributed by atoms with E-state index in [9.17, 15) is 0 Å². The van der Waals surface area contributed by atoms with E-state index in [0.717, 1.165) is 49.8 Å². The lowest BCUT2D eigenvalue weighted by atomic mass is 10.1. The lowest BCUT2D eigenvalue weighted by Gasteiger charge is -2.36. The molecule has 2 N–H and O–H groups in total. The zero-order chi connectivity index (χ0) is 19.5. The lowest BCUT2D eigenvalue weighted by Crippen LogP contribution is -2.54. The molecule has 2 unspecified atom stereocenters. The fourth-order valence-corrected chi connectivity index (χ4v) is 5.12. The van der Waals surface area contributed by atoms with Crippen molar-refractivity contribution in [2.24, 2.45) is 0 Å². The number of nitrogens with zero attached hydrogens (tertiary/aromatic N) is 3. The Bertz CT molecular complexity index is 909. The highest BCUT2D eigenvalue weighted by molar-refractivity contribution is 7.22. The molecule has 0 radical (unpaired) electrons. The molecule has 2 atom stereocenters. The van der Waals surface area contributed by atoms with E-state index < -0.39 is 0 Å². The summed E-state index contributed by atoms with van der Waals surface area (Å²) in [5.41, 5.74) is 2.14. The Morgan fingerprint density at radius 3 is 2.55 bits per heavy atom. The largest absolute Gasteiger partial charge is 0.354 e. The maximum Gasteiger partial charge on any atom is 0.223 e. The second kappa shape index (κ2) is 12.8. The van der Waals surface area contributed by atoms with E-state index in [1.807, 2.05) is 6.20 Å². The van der Waals surface area contributed by atoms with Crippen LogP contribution in [0.15, 0.2) is 36.5 Å². The third kappa shape index (κ3) is 7.17. The maximum atomic E-state index is 4.81. The monoisotopic (exact) mass is 503 g/mol. The van der Waals surface area contributed by atoms with Crippen molar-refractivity contribution in [3.05, 3.63) is 42.1 Å². The number of hydrogen-bond acceptors (Lipinski definition) is 6. The summed E-state index contributed by atoms with van der Waals surface area (Å²) in [6.45, 7) is 10.9. The zero-order valence-electron chi connectivity index (χ0n) is 18.1. The normalized spacial score (nSPS) is 18.5. The van der Waals surface area contributed by atoms with Crippen LogP contribution < -0.4 is 10.6 Å². The van der Waals surface area contributed by atoms with E-state index in [4.69, 9.17) is 4.98 Å². The quantitative estimate of drug-likeness (QED) is 0.439. The minimum absolute atomic E-state index is 0. The summed E-state index contributed by atoms with van der Waals surface area (Å²) in [5.74, 6) is 0.722. The van der Waals surface area contributed by atoms with Crippen LogP contribution in [0.5, 0.6) is 0 Å². The van der Waals surface area contributed by atoms with Crippen LogP contribution in [0.4, 0.5) is 5.95 Å². The Morgan fingerprint density at radius 2 is 1.84 bits per heavy atom. The van der Waals surface area contributed by atoms with E-state index >= 15 is 0 Å². The maximum absolute atomic E-state index is 4.81. The Labute approximate surface area is 207 Å². The average Bonchev–Trinajstić information content (AvgIpc) is 3.09. The van der Waals surface area contributed by atoms with Gasteiger partial charge in [-0.1, -0.05) is 18.2 Å². The van der Waals surface area contributed by atoms with Crippen molar-refractivity contribution < 1.29 is 0 Å². The second-order valence-electron chi connectivity index (χ2n) is 7.88. The van der Waals surface area contributed by atoms with E-state index in [-0.39, 0.29) is 37.2 Å². The van der Waals surface area contributed by atoms with Crippen LogP contribution in [0.25, 0.3) is 20.7 Å². The van der Waals surface area contributed by atoms with Crippen molar-refractivity contribution in [3.63, 3.8) is 0 Å². The Morgan fingerprint density at radius 1 is 1.13 bits per heavy atom. The first-order valence-corrected chi connectivity index (χ1v) is 10.9. The molecule has 0 aliphatic carbocycles. The molecule has 1 aromatic carbocycles. The highest BCUT2D eigenvalue weighted by Crippen LogP contribution is 2.34. The van der Waals surface area contributed by atoms with Crippen LogP contribution in [-0.4, -0.2) is 53.1 Å². The summed E-state index contributed by atoms with van der Waals surface area (Å²) in [4.78, 5) is 13.0. The van der Waals surface area contributed by atoms with E-state index in [1.165, 1.54) is 15.0 Å². The minimum Gasteiger partial charge on any atom is -0.354 e. The molecule has 9 heteroatoms. The Balaban J connectivity index is 0.00000160. The van der Waals surface area contributed by atoms with Crippen LogP contribution >= 0.6 is 48.6 Å². The third-order valence-corrected chi connectivity index (χ3v) is 6.32. The summed E-state index contributed by atoms with van der Waals surface area (Å²) in [6, 6.07) is 11.9. The van der Waals surface area contributed by atoms with Gasteiger partial charge in [0.15, 0.2) is 0 Å². The van der Waals surface area contributed by atoms with Crippen LogP contribution in [0.1, 0.15) is 25.8 Å². The average molecular weight is 505 g/mol. The first kappa shape index (κ1) is 27.9. The Kier molecular flexibility index (Phi) is 11.5. The number of thiophene rings is 1. The summed E-state index contributed by atoms with van der Waals surface area (Å²) < 4.78 is 1.30. The van der Waals surface area contributed by atoms with Gasteiger partial charge >= 0.3 is 0 Å². The number of rotatable bonds is 6. The number of benzene rings is 1. The molecule has 172 valence electrons. The standard InChI is InChI=1S/C22H29N5S.3ClH/c1-15-12-24-22(23-9-6-10-27-13-16(2)25-17(3)14-27)26-21(15)20-11-18-7-4-5-8-19(18)28-20;;;/h4-5,7-8,11-12,16-17,25H,6,9-10,13-14H2,1-3H3,(H,23,24,26);3*1H. The molecule has 3 heterocycles. The number of fused-ring (bicyclic) bond motifs is 1. The van der Waals surface area contributed by atoms with Crippen molar-refractivity contribution in [1.29, 1.82) is 0 Å². The molecule has 0 saturated carbocycles. The fourth-order valence-electron chi connectivity index (χ4n) is 4.00. The third-order valence-electron chi connectivity index (χ3n) is 5.20. The van der Waals surface area contributed by atoms with Gasteiger partial charge in [-0.05, 0) is 56.8 Å². The van der Waals surface area contributed by atoms with E-state index in [2.05, 4.69) is 71.6 Å². The van der Waals surface area contributed by atoms with Crippen molar-refractivity contribution >= 4 is 64.6 Å². The van der Waals surface area contributed by atoms with Gasteiger partial charge in [-0.2, -0.15) is 0 Å².